The summed E-state index contributed by atoms with van der Waals surface area (Å²) in [4.78, 5) is 0. The highest BCUT2D eigenvalue weighted by Crippen LogP contribution is 2.06. The Morgan fingerprint density at radius 2 is 2.17 bits per heavy atom. The van der Waals surface area contributed by atoms with E-state index in [4.69, 9.17) is 20.4 Å². The van der Waals surface area contributed by atoms with Gasteiger partial charge in [0, 0.05) is 5.56 Å². The lowest BCUT2D eigenvalue weighted by atomic mass is 10.1. The van der Waals surface area contributed by atoms with E-state index in [-0.39, 0.29) is 11.9 Å². The Kier molecular flexibility index (Phi) is 6.18. The van der Waals surface area contributed by atoms with Gasteiger partial charge in [-0.15, -0.1) is 0 Å². The molecule has 0 atom stereocenters. The predicted molar refractivity (Wildman–Crippen MR) is 69.7 cm³/mol. The van der Waals surface area contributed by atoms with Crippen LogP contribution in [0.1, 0.15) is 25.0 Å². The average molecular weight is 252 g/mol. The van der Waals surface area contributed by atoms with Crippen LogP contribution in [0.15, 0.2) is 29.4 Å². The lowest BCUT2D eigenvalue weighted by Gasteiger charge is -2.08. The molecule has 1 aromatic rings. The van der Waals surface area contributed by atoms with Crippen molar-refractivity contribution in [2.24, 2.45) is 10.9 Å². The third kappa shape index (κ3) is 5.16. The fraction of sp³-hybridized carbons (Fsp3) is 0.462. The summed E-state index contributed by atoms with van der Waals surface area (Å²) in [6, 6.07) is 7.38. The van der Waals surface area contributed by atoms with Gasteiger partial charge in [0.2, 0.25) is 0 Å². The van der Waals surface area contributed by atoms with Crippen molar-refractivity contribution in [2.45, 2.75) is 26.6 Å². The molecule has 0 saturated heterocycles. The van der Waals surface area contributed by atoms with E-state index in [2.05, 4.69) is 5.16 Å². The number of ether oxygens (including phenoxy) is 2. The number of nitrogens with zero attached hydrogens (tertiary/aromatic N) is 1. The zero-order valence-corrected chi connectivity index (χ0v) is 10.8. The third-order valence-electron chi connectivity index (χ3n) is 2.28. The molecule has 5 nitrogen and oxygen atoms in total. The first-order chi connectivity index (χ1) is 8.63. The molecule has 0 aromatic heterocycles. The molecule has 18 heavy (non-hydrogen) atoms. The first-order valence-corrected chi connectivity index (χ1v) is 5.89. The molecule has 0 aliphatic carbocycles. The molecular formula is C13H20N2O3. The van der Waals surface area contributed by atoms with Crippen molar-refractivity contribution >= 4 is 5.84 Å². The molecule has 3 N–H and O–H groups in total. The maximum Gasteiger partial charge on any atom is 0.170 e. The zero-order valence-electron chi connectivity index (χ0n) is 10.8. The minimum absolute atomic E-state index is 0.0972. The van der Waals surface area contributed by atoms with Crippen molar-refractivity contribution < 1.29 is 14.7 Å². The normalized spacial score (nSPS) is 12.1. The quantitative estimate of drug-likeness (QED) is 0.255. The third-order valence-corrected chi connectivity index (χ3v) is 2.28. The minimum Gasteiger partial charge on any atom is -0.409 e. The number of oxime groups is 1. The predicted octanol–water partition coefficient (Wildman–Crippen LogP) is 1.72. The number of benzene rings is 1. The maximum atomic E-state index is 8.59. The summed E-state index contributed by atoms with van der Waals surface area (Å²) in [5, 5.41) is 11.6. The fourth-order valence-corrected chi connectivity index (χ4v) is 1.41. The molecule has 0 fully saturated rings. The Morgan fingerprint density at radius 1 is 1.39 bits per heavy atom. The molecule has 0 bridgehead atoms. The van der Waals surface area contributed by atoms with Gasteiger partial charge in [-0.25, -0.2) is 0 Å². The Hall–Kier alpha value is -1.59. The number of amidine groups is 1. The summed E-state index contributed by atoms with van der Waals surface area (Å²) in [5.74, 6) is 0.0972. The summed E-state index contributed by atoms with van der Waals surface area (Å²) in [6.45, 7) is 5.58. The Bertz CT molecular complexity index is 392. The second-order valence-corrected chi connectivity index (χ2v) is 4.16. The van der Waals surface area contributed by atoms with Gasteiger partial charge in [0.05, 0.1) is 25.9 Å². The molecule has 1 rings (SSSR count). The molecule has 0 aliphatic heterocycles. The lowest BCUT2D eigenvalue weighted by molar-refractivity contribution is 0.0143. The molecule has 5 heteroatoms. The molecule has 0 spiro atoms. The Balaban J connectivity index is 2.39. The van der Waals surface area contributed by atoms with Crippen molar-refractivity contribution in [2.75, 3.05) is 13.2 Å². The van der Waals surface area contributed by atoms with E-state index in [1.807, 2.05) is 32.0 Å². The number of hydrogen-bond acceptors (Lipinski definition) is 4. The van der Waals surface area contributed by atoms with Crippen molar-refractivity contribution in [1.29, 1.82) is 0 Å². The highest BCUT2D eigenvalue weighted by molar-refractivity contribution is 5.97. The largest absolute Gasteiger partial charge is 0.409 e. The van der Waals surface area contributed by atoms with Gasteiger partial charge >= 0.3 is 0 Å². The van der Waals surface area contributed by atoms with Crippen LogP contribution in [0.3, 0.4) is 0 Å². The van der Waals surface area contributed by atoms with Gasteiger partial charge in [0.25, 0.3) is 0 Å². The fourth-order valence-electron chi connectivity index (χ4n) is 1.41. The first kappa shape index (κ1) is 14.5. The van der Waals surface area contributed by atoms with Crippen molar-refractivity contribution in [3.63, 3.8) is 0 Å². The highest BCUT2D eigenvalue weighted by Gasteiger charge is 2.01. The smallest absolute Gasteiger partial charge is 0.170 e. The van der Waals surface area contributed by atoms with Crippen LogP contribution in [-0.4, -0.2) is 30.4 Å². The topological polar surface area (TPSA) is 77.1 Å². The van der Waals surface area contributed by atoms with Crippen LogP contribution >= 0.6 is 0 Å². The van der Waals surface area contributed by atoms with E-state index in [1.54, 1.807) is 6.07 Å². The van der Waals surface area contributed by atoms with Crippen LogP contribution in [0, 0.1) is 0 Å². The monoisotopic (exact) mass is 252 g/mol. The number of hydrogen-bond donors (Lipinski definition) is 2. The molecule has 0 aliphatic rings. The van der Waals surface area contributed by atoms with E-state index >= 15 is 0 Å². The van der Waals surface area contributed by atoms with Crippen LogP contribution in [0.5, 0.6) is 0 Å². The van der Waals surface area contributed by atoms with E-state index < -0.39 is 0 Å². The summed E-state index contributed by atoms with van der Waals surface area (Å²) < 4.78 is 10.8. The number of nitrogens with two attached hydrogens (primary N) is 1. The molecule has 0 amide bonds. The summed E-state index contributed by atoms with van der Waals surface area (Å²) in [6.07, 6.45) is 0.220. The SMILES string of the molecule is CC(C)OCCOCc1cccc(/C(N)=N/O)c1. The van der Waals surface area contributed by atoms with Crippen LogP contribution < -0.4 is 5.73 Å². The van der Waals surface area contributed by atoms with Gasteiger partial charge in [-0.2, -0.15) is 0 Å². The van der Waals surface area contributed by atoms with Gasteiger partial charge in [0.15, 0.2) is 5.84 Å². The number of rotatable bonds is 7. The van der Waals surface area contributed by atoms with E-state index in [0.717, 1.165) is 5.56 Å². The van der Waals surface area contributed by atoms with Crippen LogP contribution in [0.25, 0.3) is 0 Å². The van der Waals surface area contributed by atoms with Gasteiger partial charge in [0.1, 0.15) is 0 Å². The average Bonchev–Trinajstić information content (AvgIpc) is 2.37. The maximum absolute atomic E-state index is 8.59. The molecule has 0 saturated carbocycles. The van der Waals surface area contributed by atoms with Gasteiger partial charge in [-0.05, 0) is 25.5 Å². The second-order valence-electron chi connectivity index (χ2n) is 4.16. The van der Waals surface area contributed by atoms with Crippen molar-refractivity contribution in [3.8, 4) is 0 Å². The van der Waals surface area contributed by atoms with Gasteiger partial charge in [-0.1, -0.05) is 23.4 Å². The summed E-state index contributed by atoms with van der Waals surface area (Å²) >= 11 is 0. The van der Waals surface area contributed by atoms with Gasteiger partial charge in [-0.3, -0.25) is 0 Å². The molecule has 100 valence electrons. The van der Waals surface area contributed by atoms with Crippen molar-refractivity contribution in [1.82, 2.24) is 0 Å². The Morgan fingerprint density at radius 3 is 2.83 bits per heavy atom. The molecule has 0 heterocycles. The molecule has 0 radical (unpaired) electrons. The summed E-state index contributed by atoms with van der Waals surface area (Å²) in [7, 11) is 0. The standard InChI is InChI=1S/C13H20N2O3/c1-10(2)18-7-6-17-9-11-4-3-5-12(8-11)13(14)15-16/h3-5,8,10,16H,6-7,9H2,1-2H3,(H2,14,15). The van der Waals surface area contributed by atoms with E-state index in [1.165, 1.54) is 0 Å². The minimum atomic E-state index is 0.0972. The molecule has 0 unspecified atom stereocenters. The van der Waals surface area contributed by atoms with E-state index in [0.29, 0.717) is 25.4 Å². The van der Waals surface area contributed by atoms with Gasteiger partial charge < -0.3 is 20.4 Å². The second kappa shape index (κ2) is 7.68. The van der Waals surface area contributed by atoms with Crippen LogP contribution in [0.2, 0.25) is 0 Å². The molecule has 1 aromatic carbocycles. The summed E-state index contributed by atoms with van der Waals surface area (Å²) in [5.41, 5.74) is 7.17. The Labute approximate surface area is 107 Å². The lowest BCUT2D eigenvalue weighted by Crippen LogP contribution is -2.13. The van der Waals surface area contributed by atoms with Crippen LogP contribution in [0.4, 0.5) is 0 Å². The highest BCUT2D eigenvalue weighted by atomic mass is 16.5. The van der Waals surface area contributed by atoms with Crippen molar-refractivity contribution in [3.05, 3.63) is 35.4 Å². The van der Waals surface area contributed by atoms with Crippen LogP contribution in [-0.2, 0) is 16.1 Å². The molecular weight excluding hydrogens is 232 g/mol. The zero-order chi connectivity index (χ0) is 13.4. The van der Waals surface area contributed by atoms with E-state index in [9.17, 15) is 0 Å². The first-order valence-electron chi connectivity index (χ1n) is 5.89.